The first-order chi connectivity index (χ1) is 14.4. The first-order valence-corrected chi connectivity index (χ1v) is 9.30. The highest BCUT2D eigenvalue weighted by molar-refractivity contribution is 5.69. The van der Waals surface area contributed by atoms with E-state index in [0.29, 0.717) is 35.7 Å². The Labute approximate surface area is 171 Å². The number of nitrogens with zero attached hydrogens (tertiary/aromatic N) is 4. The highest BCUT2D eigenvalue weighted by Gasteiger charge is 2.41. The van der Waals surface area contributed by atoms with Crippen LogP contribution in [0.5, 0.6) is 11.6 Å². The Morgan fingerprint density at radius 3 is 2.80 bits per heavy atom. The summed E-state index contributed by atoms with van der Waals surface area (Å²) in [4.78, 5) is 12.7. The fourth-order valence-corrected chi connectivity index (χ4v) is 2.94. The number of alkyl halides is 3. The number of halogens is 3. The van der Waals surface area contributed by atoms with Gasteiger partial charge in [-0.2, -0.15) is 13.2 Å². The monoisotopic (exact) mass is 421 g/mol. The van der Waals surface area contributed by atoms with E-state index in [4.69, 9.17) is 9.47 Å². The van der Waals surface area contributed by atoms with Crippen LogP contribution in [-0.4, -0.2) is 45.8 Å². The lowest BCUT2D eigenvalue weighted by molar-refractivity contribution is -0.158. The summed E-state index contributed by atoms with van der Waals surface area (Å²) in [7, 11) is 1.42. The number of fused-ring (bicyclic) bond motifs is 1. The smallest absolute Gasteiger partial charge is 0.409 e. The Hall–Kier alpha value is -3.14. The standard InChI is InChI=1S/C20H22F3N5O2/c1-4-6-9-30-19-18-25-7-8-28(18)12-15(27-19)13-10-14(26-11-16(13)29-3)17(24-5-2)20(21,22)23/h4,7-8,10-12,17,24H,1,5-6,9H2,2-3H3. The summed E-state index contributed by atoms with van der Waals surface area (Å²) in [5.74, 6) is 0.555. The Balaban J connectivity index is 2.11. The SMILES string of the molecule is C=CCCOc1nc(-c2cc(C(NCC)C(F)(F)F)ncc2OC)cn2ccnc12. The minimum absolute atomic E-state index is 0.133. The molecule has 0 saturated heterocycles. The fourth-order valence-electron chi connectivity index (χ4n) is 2.94. The van der Waals surface area contributed by atoms with Crippen molar-refractivity contribution in [2.75, 3.05) is 20.3 Å². The van der Waals surface area contributed by atoms with Crippen molar-refractivity contribution in [1.29, 1.82) is 0 Å². The largest absolute Gasteiger partial charge is 0.494 e. The van der Waals surface area contributed by atoms with Gasteiger partial charge in [-0.25, -0.2) is 9.97 Å². The Kier molecular flexibility index (Phi) is 6.56. The number of rotatable bonds is 9. The number of hydrogen-bond acceptors (Lipinski definition) is 6. The summed E-state index contributed by atoms with van der Waals surface area (Å²) in [5.41, 5.74) is 1.05. The summed E-state index contributed by atoms with van der Waals surface area (Å²) < 4.78 is 53.3. The molecule has 1 atom stereocenters. The summed E-state index contributed by atoms with van der Waals surface area (Å²) in [5, 5.41) is 2.43. The van der Waals surface area contributed by atoms with Crippen molar-refractivity contribution >= 4 is 5.65 Å². The number of aromatic nitrogens is 4. The quantitative estimate of drug-likeness (QED) is 0.416. The molecular formula is C20H22F3N5O2. The number of imidazole rings is 1. The van der Waals surface area contributed by atoms with Crippen molar-refractivity contribution in [2.24, 2.45) is 0 Å². The zero-order chi connectivity index (χ0) is 21.7. The second-order valence-electron chi connectivity index (χ2n) is 6.36. The molecule has 0 radical (unpaired) electrons. The molecule has 0 amide bonds. The van der Waals surface area contributed by atoms with Crippen LogP contribution in [0.25, 0.3) is 16.9 Å². The number of ether oxygens (including phenoxy) is 2. The molecule has 0 aromatic carbocycles. The van der Waals surface area contributed by atoms with E-state index < -0.39 is 12.2 Å². The average molecular weight is 421 g/mol. The van der Waals surface area contributed by atoms with Gasteiger partial charge in [0.1, 0.15) is 11.8 Å². The van der Waals surface area contributed by atoms with Crippen LogP contribution in [0.15, 0.2) is 43.5 Å². The minimum Gasteiger partial charge on any atom is -0.494 e. The maximum Gasteiger partial charge on any atom is 0.409 e. The van der Waals surface area contributed by atoms with E-state index in [1.54, 1.807) is 36.0 Å². The van der Waals surface area contributed by atoms with Gasteiger partial charge >= 0.3 is 6.18 Å². The van der Waals surface area contributed by atoms with Crippen LogP contribution in [0.2, 0.25) is 0 Å². The highest BCUT2D eigenvalue weighted by Crippen LogP contribution is 2.36. The normalized spacial score (nSPS) is 12.7. The van der Waals surface area contributed by atoms with Gasteiger partial charge in [-0.15, -0.1) is 6.58 Å². The summed E-state index contributed by atoms with van der Waals surface area (Å²) >= 11 is 0. The Morgan fingerprint density at radius 2 is 2.13 bits per heavy atom. The van der Waals surface area contributed by atoms with E-state index in [-0.39, 0.29) is 18.1 Å². The third kappa shape index (κ3) is 4.54. The number of methoxy groups -OCH3 is 1. The predicted octanol–water partition coefficient (Wildman–Crippen LogP) is 3.97. The molecule has 0 aliphatic heterocycles. The van der Waals surface area contributed by atoms with E-state index in [0.717, 1.165) is 0 Å². The lowest BCUT2D eigenvalue weighted by Crippen LogP contribution is -2.34. The minimum atomic E-state index is -4.50. The summed E-state index contributed by atoms with van der Waals surface area (Å²) in [6.07, 6.45) is 4.02. The molecule has 0 saturated carbocycles. The number of nitrogens with one attached hydrogen (secondary N) is 1. The maximum absolute atomic E-state index is 13.5. The third-order valence-electron chi connectivity index (χ3n) is 4.32. The van der Waals surface area contributed by atoms with E-state index in [1.165, 1.54) is 19.4 Å². The zero-order valence-electron chi connectivity index (χ0n) is 16.6. The molecule has 3 rings (SSSR count). The van der Waals surface area contributed by atoms with Crippen LogP contribution < -0.4 is 14.8 Å². The molecule has 0 aliphatic carbocycles. The molecule has 0 aliphatic rings. The predicted molar refractivity (Wildman–Crippen MR) is 106 cm³/mol. The lowest BCUT2D eigenvalue weighted by atomic mass is 10.1. The third-order valence-corrected chi connectivity index (χ3v) is 4.32. The summed E-state index contributed by atoms with van der Waals surface area (Å²) in [6, 6.07) is -0.578. The van der Waals surface area contributed by atoms with Crippen LogP contribution >= 0.6 is 0 Å². The van der Waals surface area contributed by atoms with Gasteiger partial charge in [0, 0.05) is 24.2 Å². The Bertz CT molecular complexity index is 1020. The van der Waals surface area contributed by atoms with Gasteiger partial charge in [0.05, 0.1) is 31.3 Å². The molecule has 3 aromatic heterocycles. The average Bonchev–Trinajstić information content (AvgIpc) is 3.19. The molecule has 7 nitrogen and oxygen atoms in total. The van der Waals surface area contributed by atoms with E-state index in [2.05, 4.69) is 26.8 Å². The fraction of sp³-hybridized carbons (Fsp3) is 0.350. The van der Waals surface area contributed by atoms with Crippen LogP contribution in [0.1, 0.15) is 25.1 Å². The van der Waals surface area contributed by atoms with Gasteiger partial charge in [0.2, 0.25) is 5.65 Å². The lowest BCUT2D eigenvalue weighted by Gasteiger charge is -2.21. The molecule has 0 bridgehead atoms. The number of hydrogen-bond donors (Lipinski definition) is 1. The van der Waals surface area contributed by atoms with Gasteiger partial charge in [-0.3, -0.25) is 4.98 Å². The molecule has 0 spiro atoms. The molecule has 1 unspecified atom stereocenters. The van der Waals surface area contributed by atoms with Gasteiger partial charge in [0.25, 0.3) is 5.88 Å². The molecule has 3 aromatic rings. The molecule has 0 fully saturated rings. The molecule has 30 heavy (non-hydrogen) atoms. The maximum atomic E-state index is 13.5. The highest BCUT2D eigenvalue weighted by atomic mass is 19.4. The number of pyridine rings is 1. The van der Waals surface area contributed by atoms with Gasteiger partial charge < -0.3 is 19.2 Å². The van der Waals surface area contributed by atoms with Gasteiger partial charge in [0.15, 0.2) is 0 Å². The second-order valence-corrected chi connectivity index (χ2v) is 6.36. The molecule has 3 heterocycles. The zero-order valence-corrected chi connectivity index (χ0v) is 16.6. The van der Waals surface area contributed by atoms with Crippen molar-refractivity contribution in [3.05, 3.63) is 49.2 Å². The van der Waals surface area contributed by atoms with Crippen molar-refractivity contribution in [3.63, 3.8) is 0 Å². The van der Waals surface area contributed by atoms with Crippen LogP contribution in [0.3, 0.4) is 0 Å². The Morgan fingerprint density at radius 1 is 1.33 bits per heavy atom. The summed E-state index contributed by atoms with van der Waals surface area (Å²) in [6.45, 7) is 5.73. The van der Waals surface area contributed by atoms with Crippen LogP contribution in [0, 0.1) is 0 Å². The topological polar surface area (TPSA) is 73.6 Å². The van der Waals surface area contributed by atoms with Crippen molar-refractivity contribution in [2.45, 2.75) is 25.6 Å². The second kappa shape index (κ2) is 9.12. The van der Waals surface area contributed by atoms with Gasteiger partial charge in [-0.05, 0) is 19.0 Å². The first-order valence-electron chi connectivity index (χ1n) is 9.30. The van der Waals surface area contributed by atoms with Crippen molar-refractivity contribution in [1.82, 2.24) is 24.7 Å². The first kappa shape index (κ1) is 21.6. The molecular weight excluding hydrogens is 399 g/mol. The van der Waals surface area contributed by atoms with Gasteiger partial charge in [-0.1, -0.05) is 13.0 Å². The van der Waals surface area contributed by atoms with Crippen LogP contribution in [0.4, 0.5) is 13.2 Å². The van der Waals surface area contributed by atoms with Crippen molar-refractivity contribution < 1.29 is 22.6 Å². The van der Waals surface area contributed by atoms with E-state index in [1.807, 2.05) is 0 Å². The molecule has 10 heteroatoms. The molecule has 1 N–H and O–H groups in total. The van der Waals surface area contributed by atoms with Crippen molar-refractivity contribution in [3.8, 4) is 22.9 Å². The van der Waals surface area contributed by atoms with Crippen LogP contribution in [-0.2, 0) is 0 Å². The molecule has 160 valence electrons. The van der Waals surface area contributed by atoms with E-state index >= 15 is 0 Å². The van der Waals surface area contributed by atoms with E-state index in [9.17, 15) is 13.2 Å².